The molecule has 1 amide bonds. The number of benzene rings is 1. The Bertz CT molecular complexity index is 918. The fourth-order valence-corrected chi connectivity index (χ4v) is 2.47. The maximum atomic E-state index is 12.1. The predicted molar refractivity (Wildman–Crippen MR) is 96.4 cm³/mol. The molecule has 0 saturated heterocycles. The van der Waals surface area contributed by atoms with Crippen molar-refractivity contribution >= 4 is 17.6 Å². The van der Waals surface area contributed by atoms with E-state index in [4.69, 9.17) is 4.74 Å². The zero-order chi connectivity index (χ0) is 18.5. The van der Waals surface area contributed by atoms with Gasteiger partial charge in [-0.05, 0) is 50.2 Å². The second kappa shape index (κ2) is 7.60. The van der Waals surface area contributed by atoms with Crippen LogP contribution in [-0.4, -0.2) is 33.2 Å². The third-order valence-corrected chi connectivity index (χ3v) is 3.80. The molecule has 1 aromatic carbocycles. The lowest BCUT2D eigenvalue weighted by molar-refractivity contribution is 0.0525. The number of nitrogens with zero attached hydrogens (tertiary/aromatic N) is 3. The van der Waals surface area contributed by atoms with E-state index in [1.165, 1.54) is 12.4 Å². The normalized spacial score (nSPS) is 10.4. The number of rotatable bonds is 5. The molecule has 0 atom stereocenters. The summed E-state index contributed by atoms with van der Waals surface area (Å²) in [6.45, 7) is 3.88. The third kappa shape index (κ3) is 3.61. The van der Waals surface area contributed by atoms with Gasteiger partial charge >= 0.3 is 5.97 Å². The van der Waals surface area contributed by atoms with Gasteiger partial charge < -0.3 is 10.1 Å². The van der Waals surface area contributed by atoms with Crippen LogP contribution in [0, 0.1) is 6.92 Å². The summed E-state index contributed by atoms with van der Waals surface area (Å²) in [4.78, 5) is 28.0. The summed E-state index contributed by atoms with van der Waals surface area (Å²) in [6.07, 6.45) is 4.61. The van der Waals surface area contributed by atoms with Gasteiger partial charge in [0, 0.05) is 18.1 Å². The molecule has 2 aromatic heterocycles. The average Bonchev–Trinajstić information content (AvgIpc) is 3.05. The molecule has 0 bridgehead atoms. The fourth-order valence-electron chi connectivity index (χ4n) is 2.47. The molecule has 3 aromatic rings. The third-order valence-electron chi connectivity index (χ3n) is 3.80. The number of pyridine rings is 1. The van der Waals surface area contributed by atoms with Gasteiger partial charge in [0.05, 0.1) is 29.7 Å². The summed E-state index contributed by atoms with van der Waals surface area (Å²) in [6, 6.07) is 10.6. The number of amides is 1. The molecule has 7 nitrogen and oxygen atoms in total. The first-order valence-electron chi connectivity index (χ1n) is 8.13. The van der Waals surface area contributed by atoms with Gasteiger partial charge in [-0.15, -0.1) is 0 Å². The minimum Gasteiger partial charge on any atom is -0.462 e. The molecule has 0 aliphatic heterocycles. The van der Waals surface area contributed by atoms with Gasteiger partial charge in [0.2, 0.25) is 0 Å². The number of hydrogen-bond donors (Lipinski definition) is 1. The quantitative estimate of drug-likeness (QED) is 0.715. The number of carbonyl (C=O) groups is 2. The van der Waals surface area contributed by atoms with Gasteiger partial charge in [-0.25, -0.2) is 9.48 Å². The molecule has 132 valence electrons. The molecule has 0 radical (unpaired) electrons. The first kappa shape index (κ1) is 17.3. The van der Waals surface area contributed by atoms with Crippen molar-refractivity contribution in [1.82, 2.24) is 14.8 Å². The van der Waals surface area contributed by atoms with E-state index < -0.39 is 5.97 Å². The van der Waals surface area contributed by atoms with Crippen LogP contribution in [0.25, 0.3) is 5.69 Å². The van der Waals surface area contributed by atoms with Crippen LogP contribution in [0.2, 0.25) is 0 Å². The van der Waals surface area contributed by atoms with E-state index in [1.807, 2.05) is 12.1 Å². The van der Waals surface area contributed by atoms with Crippen molar-refractivity contribution in [2.75, 3.05) is 11.9 Å². The lowest BCUT2D eigenvalue weighted by atomic mass is 10.2. The highest BCUT2D eigenvalue weighted by Gasteiger charge is 2.16. The number of carbonyl (C=O) groups excluding carboxylic acids is 2. The van der Waals surface area contributed by atoms with E-state index in [0.717, 1.165) is 5.69 Å². The summed E-state index contributed by atoms with van der Waals surface area (Å²) in [5.41, 5.74) is 3.03. The Morgan fingerprint density at radius 2 is 1.92 bits per heavy atom. The lowest BCUT2D eigenvalue weighted by Gasteiger charge is -2.08. The van der Waals surface area contributed by atoms with Crippen molar-refractivity contribution in [3.63, 3.8) is 0 Å². The zero-order valence-electron chi connectivity index (χ0n) is 14.5. The average molecular weight is 350 g/mol. The van der Waals surface area contributed by atoms with Crippen molar-refractivity contribution in [2.45, 2.75) is 13.8 Å². The molecule has 1 N–H and O–H groups in total. The minimum atomic E-state index is -0.392. The van der Waals surface area contributed by atoms with Gasteiger partial charge in [-0.1, -0.05) is 0 Å². The topological polar surface area (TPSA) is 86.1 Å². The maximum Gasteiger partial charge on any atom is 0.341 e. The van der Waals surface area contributed by atoms with Crippen LogP contribution in [-0.2, 0) is 4.74 Å². The summed E-state index contributed by atoms with van der Waals surface area (Å²) >= 11 is 0. The van der Waals surface area contributed by atoms with Gasteiger partial charge in [0.1, 0.15) is 5.56 Å². The Hall–Kier alpha value is -3.48. The highest BCUT2D eigenvalue weighted by atomic mass is 16.5. The summed E-state index contributed by atoms with van der Waals surface area (Å²) in [5, 5.41) is 7.06. The minimum absolute atomic E-state index is 0.231. The number of esters is 1. The van der Waals surface area contributed by atoms with Gasteiger partial charge in [-0.2, -0.15) is 5.10 Å². The van der Waals surface area contributed by atoms with Crippen LogP contribution in [0.3, 0.4) is 0 Å². The number of hydrogen-bond acceptors (Lipinski definition) is 5. The summed E-state index contributed by atoms with van der Waals surface area (Å²) in [5.74, 6) is -0.623. The Morgan fingerprint density at radius 1 is 1.15 bits per heavy atom. The van der Waals surface area contributed by atoms with Crippen molar-refractivity contribution in [3.8, 4) is 5.69 Å². The van der Waals surface area contributed by atoms with Crippen LogP contribution < -0.4 is 5.32 Å². The van der Waals surface area contributed by atoms with Crippen molar-refractivity contribution in [3.05, 3.63) is 71.8 Å². The van der Waals surface area contributed by atoms with Crippen LogP contribution in [0.15, 0.2) is 55.0 Å². The molecule has 0 fully saturated rings. The second-order valence-electron chi connectivity index (χ2n) is 5.52. The van der Waals surface area contributed by atoms with E-state index in [0.29, 0.717) is 29.1 Å². The van der Waals surface area contributed by atoms with Crippen LogP contribution in [0.1, 0.15) is 33.3 Å². The van der Waals surface area contributed by atoms with Crippen LogP contribution in [0.4, 0.5) is 5.69 Å². The highest BCUT2D eigenvalue weighted by molar-refractivity contribution is 6.04. The van der Waals surface area contributed by atoms with Gasteiger partial charge in [-0.3, -0.25) is 9.78 Å². The largest absolute Gasteiger partial charge is 0.462 e. The molecule has 3 rings (SSSR count). The standard InChI is InChI=1S/C19H18N4O3/c1-3-26-19(25)17-12-21-23(13(17)2)16-8-6-15(7-9-16)22-18(24)14-5-4-10-20-11-14/h4-12H,3H2,1-2H3,(H,22,24). The molecular weight excluding hydrogens is 332 g/mol. The zero-order valence-corrected chi connectivity index (χ0v) is 14.5. The van der Waals surface area contributed by atoms with E-state index >= 15 is 0 Å². The second-order valence-corrected chi connectivity index (χ2v) is 5.52. The number of aromatic nitrogens is 3. The molecule has 0 unspecified atom stereocenters. The number of ether oxygens (including phenoxy) is 1. The molecular formula is C19H18N4O3. The fraction of sp³-hybridized carbons (Fsp3) is 0.158. The molecule has 0 spiro atoms. The van der Waals surface area contributed by atoms with Gasteiger partial charge in [0.25, 0.3) is 5.91 Å². The van der Waals surface area contributed by atoms with Crippen molar-refractivity contribution in [2.24, 2.45) is 0 Å². The monoisotopic (exact) mass is 350 g/mol. The Labute approximate surface area is 150 Å². The Morgan fingerprint density at radius 3 is 2.58 bits per heavy atom. The highest BCUT2D eigenvalue weighted by Crippen LogP contribution is 2.18. The van der Waals surface area contributed by atoms with Crippen molar-refractivity contribution in [1.29, 1.82) is 0 Å². The van der Waals surface area contributed by atoms with E-state index in [2.05, 4.69) is 15.4 Å². The first-order valence-corrected chi connectivity index (χ1v) is 8.13. The lowest BCUT2D eigenvalue weighted by Crippen LogP contribution is -2.12. The molecule has 0 saturated carbocycles. The molecule has 26 heavy (non-hydrogen) atoms. The predicted octanol–water partition coefficient (Wildman–Crippen LogP) is 3.00. The first-order chi connectivity index (χ1) is 12.6. The maximum absolute atomic E-state index is 12.1. The SMILES string of the molecule is CCOC(=O)c1cnn(-c2ccc(NC(=O)c3cccnc3)cc2)c1C. The van der Waals surface area contributed by atoms with E-state index in [1.54, 1.807) is 49.0 Å². The molecule has 7 heteroatoms. The number of anilines is 1. The Balaban J connectivity index is 1.76. The van der Waals surface area contributed by atoms with E-state index in [-0.39, 0.29) is 5.91 Å². The Kier molecular flexibility index (Phi) is 5.07. The van der Waals surface area contributed by atoms with Crippen LogP contribution >= 0.6 is 0 Å². The van der Waals surface area contributed by atoms with Crippen molar-refractivity contribution < 1.29 is 14.3 Å². The summed E-state index contributed by atoms with van der Waals surface area (Å²) in [7, 11) is 0. The van der Waals surface area contributed by atoms with Gasteiger partial charge in [0.15, 0.2) is 0 Å². The summed E-state index contributed by atoms with van der Waals surface area (Å²) < 4.78 is 6.67. The molecule has 0 aliphatic carbocycles. The molecule has 0 aliphatic rings. The van der Waals surface area contributed by atoms with Crippen LogP contribution in [0.5, 0.6) is 0 Å². The molecule has 2 heterocycles. The smallest absolute Gasteiger partial charge is 0.341 e. The van der Waals surface area contributed by atoms with E-state index in [9.17, 15) is 9.59 Å². The number of nitrogens with one attached hydrogen (secondary N) is 1.